The third kappa shape index (κ3) is 2.71. The number of aliphatic carboxylic acids is 1. The Kier molecular flexibility index (Phi) is 3.53. The number of hydrogen-bond acceptors (Lipinski definition) is 4. The van der Waals surface area contributed by atoms with E-state index in [1.807, 2.05) is 23.1 Å². The molecule has 0 unspecified atom stereocenters. The predicted octanol–water partition coefficient (Wildman–Crippen LogP) is 2.04. The van der Waals surface area contributed by atoms with Gasteiger partial charge in [0.05, 0.1) is 17.8 Å². The molecule has 0 fully saturated rings. The average Bonchev–Trinajstić information content (AvgIpc) is 2.94. The van der Waals surface area contributed by atoms with Gasteiger partial charge in [-0.25, -0.2) is 4.98 Å². The minimum atomic E-state index is -0.793. The number of carboxylic acids is 1. The number of aromatic nitrogens is 3. The van der Waals surface area contributed by atoms with E-state index >= 15 is 0 Å². The number of thiazole rings is 1. The maximum atomic E-state index is 10.5. The molecule has 90 valence electrons. The summed E-state index contributed by atoms with van der Waals surface area (Å²) in [5.74, 6) is -0.793. The van der Waals surface area contributed by atoms with E-state index in [1.165, 1.54) is 11.3 Å². The summed E-state index contributed by atoms with van der Waals surface area (Å²) < 4.78 is 1.87. The van der Waals surface area contributed by atoms with Gasteiger partial charge in [-0.2, -0.15) is 5.10 Å². The number of carbonyl (C=O) groups is 1. The minimum Gasteiger partial charge on any atom is -0.481 e. The van der Waals surface area contributed by atoms with Gasteiger partial charge in [-0.3, -0.25) is 9.48 Å². The van der Waals surface area contributed by atoms with Crippen molar-refractivity contribution in [3.05, 3.63) is 23.3 Å². The molecule has 2 aromatic heterocycles. The molecule has 0 saturated carbocycles. The molecule has 0 aromatic carbocycles. The monoisotopic (exact) mass is 251 g/mol. The second-order valence-corrected chi connectivity index (χ2v) is 4.43. The zero-order chi connectivity index (χ0) is 12.3. The van der Waals surface area contributed by atoms with Crippen molar-refractivity contribution in [2.75, 3.05) is 0 Å². The molecular weight excluding hydrogens is 238 g/mol. The molecule has 2 rings (SSSR count). The molecule has 2 heterocycles. The van der Waals surface area contributed by atoms with Crippen molar-refractivity contribution in [2.24, 2.45) is 0 Å². The van der Waals surface area contributed by atoms with E-state index in [2.05, 4.69) is 10.1 Å². The first-order valence-corrected chi connectivity index (χ1v) is 6.27. The number of aryl methyl sites for hydroxylation is 2. The highest BCUT2D eigenvalue weighted by Gasteiger charge is 2.09. The molecule has 0 radical (unpaired) electrons. The SMILES string of the molecule is CCn1nccc1-c1nc(CCC(=O)O)cs1. The molecule has 5 nitrogen and oxygen atoms in total. The summed E-state index contributed by atoms with van der Waals surface area (Å²) in [5.41, 5.74) is 1.82. The Hall–Kier alpha value is -1.69. The first kappa shape index (κ1) is 11.8. The molecule has 0 bridgehead atoms. The van der Waals surface area contributed by atoms with Crippen LogP contribution < -0.4 is 0 Å². The van der Waals surface area contributed by atoms with Crippen molar-refractivity contribution in [1.82, 2.24) is 14.8 Å². The van der Waals surface area contributed by atoms with Gasteiger partial charge in [-0.15, -0.1) is 11.3 Å². The van der Waals surface area contributed by atoms with Gasteiger partial charge in [0, 0.05) is 24.5 Å². The number of carboxylic acid groups (broad SMARTS) is 1. The highest BCUT2D eigenvalue weighted by Crippen LogP contribution is 2.23. The number of rotatable bonds is 5. The van der Waals surface area contributed by atoms with Crippen LogP contribution in [0, 0.1) is 0 Å². The highest BCUT2D eigenvalue weighted by molar-refractivity contribution is 7.13. The fourth-order valence-corrected chi connectivity index (χ4v) is 2.42. The third-order valence-corrected chi connectivity index (χ3v) is 3.30. The Morgan fingerprint density at radius 1 is 1.59 bits per heavy atom. The summed E-state index contributed by atoms with van der Waals surface area (Å²) in [4.78, 5) is 14.9. The maximum absolute atomic E-state index is 10.5. The minimum absolute atomic E-state index is 0.121. The van der Waals surface area contributed by atoms with Crippen LogP contribution in [0.1, 0.15) is 19.0 Å². The second kappa shape index (κ2) is 5.09. The molecule has 17 heavy (non-hydrogen) atoms. The molecule has 0 aliphatic heterocycles. The van der Waals surface area contributed by atoms with Crippen LogP contribution in [0.5, 0.6) is 0 Å². The van der Waals surface area contributed by atoms with Crippen molar-refractivity contribution in [3.63, 3.8) is 0 Å². The van der Waals surface area contributed by atoms with Crippen molar-refractivity contribution in [2.45, 2.75) is 26.3 Å². The maximum Gasteiger partial charge on any atom is 0.303 e. The van der Waals surface area contributed by atoms with Gasteiger partial charge in [0.2, 0.25) is 0 Å². The summed E-state index contributed by atoms with van der Waals surface area (Å²) in [7, 11) is 0. The Morgan fingerprint density at radius 2 is 2.41 bits per heavy atom. The van der Waals surface area contributed by atoms with E-state index in [0.29, 0.717) is 6.42 Å². The standard InChI is InChI=1S/C11H13N3O2S/c1-2-14-9(5-6-12-14)11-13-8(7-17-11)3-4-10(15)16/h5-7H,2-4H2,1H3,(H,15,16). The summed E-state index contributed by atoms with van der Waals surface area (Å²) >= 11 is 1.52. The molecule has 2 aromatic rings. The molecule has 0 spiro atoms. The van der Waals surface area contributed by atoms with Gasteiger partial charge in [-0.05, 0) is 13.0 Å². The zero-order valence-electron chi connectivity index (χ0n) is 9.46. The van der Waals surface area contributed by atoms with Gasteiger partial charge in [0.15, 0.2) is 0 Å². The second-order valence-electron chi connectivity index (χ2n) is 3.57. The van der Waals surface area contributed by atoms with Gasteiger partial charge in [0.1, 0.15) is 5.01 Å². The van der Waals surface area contributed by atoms with Crippen molar-refractivity contribution in [3.8, 4) is 10.7 Å². The molecule has 0 aliphatic carbocycles. The van der Waals surface area contributed by atoms with E-state index in [9.17, 15) is 4.79 Å². The van der Waals surface area contributed by atoms with E-state index in [1.54, 1.807) is 6.20 Å². The summed E-state index contributed by atoms with van der Waals surface area (Å²) in [6.45, 7) is 2.82. The quantitative estimate of drug-likeness (QED) is 0.883. The summed E-state index contributed by atoms with van der Waals surface area (Å²) in [6, 6.07) is 1.92. The smallest absolute Gasteiger partial charge is 0.303 e. The Morgan fingerprint density at radius 3 is 3.12 bits per heavy atom. The van der Waals surface area contributed by atoms with Crippen LogP contribution in [-0.4, -0.2) is 25.8 Å². The molecule has 0 atom stereocenters. The lowest BCUT2D eigenvalue weighted by Crippen LogP contribution is -1.99. The topological polar surface area (TPSA) is 68.0 Å². The first-order chi connectivity index (χ1) is 8.20. The Balaban J connectivity index is 2.15. The molecule has 0 aliphatic rings. The Bertz CT molecular complexity index is 518. The fourth-order valence-electron chi connectivity index (χ4n) is 1.54. The predicted molar refractivity (Wildman–Crippen MR) is 65.0 cm³/mol. The van der Waals surface area contributed by atoms with Crippen molar-refractivity contribution in [1.29, 1.82) is 0 Å². The van der Waals surface area contributed by atoms with Crippen LogP contribution in [0.3, 0.4) is 0 Å². The molecular formula is C11H13N3O2S. The van der Waals surface area contributed by atoms with Gasteiger partial charge < -0.3 is 5.11 Å². The van der Waals surface area contributed by atoms with Crippen LogP contribution in [0.4, 0.5) is 0 Å². The lowest BCUT2D eigenvalue weighted by atomic mass is 10.2. The van der Waals surface area contributed by atoms with Crippen LogP contribution in [0.2, 0.25) is 0 Å². The van der Waals surface area contributed by atoms with Crippen LogP contribution in [-0.2, 0) is 17.8 Å². The fraction of sp³-hybridized carbons (Fsp3) is 0.364. The zero-order valence-corrected chi connectivity index (χ0v) is 10.3. The summed E-state index contributed by atoms with van der Waals surface area (Å²) in [6.07, 6.45) is 2.35. The average molecular weight is 251 g/mol. The van der Waals surface area contributed by atoms with Crippen LogP contribution in [0.25, 0.3) is 10.7 Å². The van der Waals surface area contributed by atoms with Crippen LogP contribution >= 0.6 is 11.3 Å². The van der Waals surface area contributed by atoms with Crippen LogP contribution in [0.15, 0.2) is 17.6 Å². The largest absolute Gasteiger partial charge is 0.481 e. The molecule has 1 N–H and O–H groups in total. The van der Waals surface area contributed by atoms with Gasteiger partial charge in [0.25, 0.3) is 0 Å². The van der Waals surface area contributed by atoms with E-state index < -0.39 is 5.97 Å². The lowest BCUT2D eigenvalue weighted by Gasteiger charge is -1.99. The molecule has 0 saturated heterocycles. The van der Waals surface area contributed by atoms with Gasteiger partial charge in [-0.1, -0.05) is 0 Å². The number of hydrogen-bond donors (Lipinski definition) is 1. The third-order valence-electron chi connectivity index (χ3n) is 2.38. The summed E-state index contributed by atoms with van der Waals surface area (Å²) in [5, 5.41) is 15.6. The number of nitrogens with zero attached hydrogens (tertiary/aromatic N) is 3. The van der Waals surface area contributed by atoms with E-state index in [0.717, 1.165) is 22.9 Å². The van der Waals surface area contributed by atoms with E-state index in [-0.39, 0.29) is 6.42 Å². The molecule has 6 heteroatoms. The highest BCUT2D eigenvalue weighted by atomic mass is 32.1. The van der Waals surface area contributed by atoms with Gasteiger partial charge >= 0.3 is 5.97 Å². The van der Waals surface area contributed by atoms with E-state index in [4.69, 9.17) is 5.11 Å². The lowest BCUT2D eigenvalue weighted by molar-refractivity contribution is -0.136. The van der Waals surface area contributed by atoms with Crippen molar-refractivity contribution >= 4 is 17.3 Å². The molecule has 0 amide bonds. The Labute approximate surface area is 103 Å². The normalized spacial score (nSPS) is 10.6. The van der Waals surface area contributed by atoms with Crippen molar-refractivity contribution < 1.29 is 9.90 Å². The first-order valence-electron chi connectivity index (χ1n) is 5.39.